The second-order valence-corrected chi connectivity index (χ2v) is 5.31. The van der Waals surface area contributed by atoms with Crippen LogP contribution in [0.1, 0.15) is 22.8 Å². The summed E-state index contributed by atoms with van der Waals surface area (Å²) in [5.74, 6) is -1.76. The molecule has 0 heterocycles. The fourth-order valence-electron chi connectivity index (χ4n) is 2.00. The maximum absolute atomic E-state index is 12.9. The van der Waals surface area contributed by atoms with Crippen molar-refractivity contribution in [2.75, 3.05) is 0 Å². The van der Waals surface area contributed by atoms with Crippen LogP contribution >= 0.6 is 0 Å². The number of halogens is 1. The molecule has 8 heteroatoms. The van der Waals surface area contributed by atoms with Crippen LogP contribution in [0.15, 0.2) is 48.5 Å². The largest absolute Gasteiger partial charge is 0.488 e. The monoisotopic (exact) mass is 360 g/mol. The van der Waals surface area contributed by atoms with Gasteiger partial charge in [0.25, 0.3) is 5.91 Å². The van der Waals surface area contributed by atoms with E-state index in [2.05, 4.69) is 0 Å². The Morgan fingerprint density at radius 2 is 1.77 bits per heavy atom. The highest BCUT2D eigenvalue weighted by Gasteiger charge is 2.22. The number of carbonyl (C=O) groups excluding carboxylic acids is 3. The molecule has 3 amide bonds. The predicted molar refractivity (Wildman–Crippen MR) is 89.8 cm³/mol. The fourth-order valence-corrected chi connectivity index (χ4v) is 2.00. The number of carbonyl (C=O) groups is 3. The quantitative estimate of drug-likeness (QED) is 0.768. The van der Waals surface area contributed by atoms with Gasteiger partial charge in [0.1, 0.15) is 23.7 Å². The molecule has 1 atom stereocenters. The van der Waals surface area contributed by atoms with Gasteiger partial charge in [-0.3, -0.25) is 10.1 Å². The van der Waals surface area contributed by atoms with E-state index in [1.54, 1.807) is 30.3 Å². The molecule has 0 aliphatic rings. The zero-order chi connectivity index (χ0) is 19.1. The van der Waals surface area contributed by atoms with E-state index in [1.807, 2.05) is 5.32 Å². The van der Waals surface area contributed by atoms with Gasteiger partial charge < -0.3 is 15.2 Å². The molecule has 0 aliphatic heterocycles. The second-order valence-electron chi connectivity index (χ2n) is 5.31. The summed E-state index contributed by atoms with van der Waals surface area (Å²) in [6.45, 7) is 1.42. The molecule has 0 saturated heterocycles. The lowest BCUT2D eigenvalue weighted by molar-refractivity contribution is -0.127. The average Bonchev–Trinajstić information content (AvgIpc) is 2.60. The van der Waals surface area contributed by atoms with Gasteiger partial charge in [0.2, 0.25) is 0 Å². The molecule has 0 aliphatic carbocycles. The van der Waals surface area contributed by atoms with Crippen LogP contribution in [0.3, 0.4) is 0 Å². The highest BCUT2D eigenvalue weighted by molar-refractivity contribution is 5.98. The molecule has 7 nitrogen and oxygen atoms in total. The number of hydrogen-bond acceptors (Lipinski definition) is 5. The number of nitrogens with one attached hydrogen (secondary N) is 1. The predicted octanol–water partition coefficient (Wildman–Crippen LogP) is 2.14. The zero-order valence-electron chi connectivity index (χ0n) is 13.9. The van der Waals surface area contributed by atoms with Crippen LogP contribution in [0.25, 0.3) is 0 Å². The van der Waals surface area contributed by atoms with Crippen LogP contribution in [-0.4, -0.2) is 24.0 Å². The first-order chi connectivity index (χ1) is 12.4. The fraction of sp³-hybridized carbons (Fsp3) is 0.167. The molecule has 136 valence electrons. The number of urea groups is 1. The Balaban J connectivity index is 2.05. The summed E-state index contributed by atoms with van der Waals surface area (Å²) >= 11 is 0. The van der Waals surface area contributed by atoms with E-state index in [0.717, 1.165) is 0 Å². The van der Waals surface area contributed by atoms with E-state index < -0.39 is 24.0 Å². The number of esters is 1. The zero-order valence-corrected chi connectivity index (χ0v) is 13.9. The van der Waals surface area contributed by atoms with Crippen molar-refractivity contribution in [2.45, 2.75) is 19.6 Å². The molecule has 2 aromatic carbocycles. The second kappa shape index (κ2) is 8.61. The highest BCUT2D eigenvalue weighted by atomic mass is 19.1. The van der Waals surface area contributed by atoms with Crippen molar-refractivity contribution in [1.82, 2.24) is 5.32 Å². The van der Waals surface area contributed by atoms with Crippen molar-refractivity contribution in [3.8, 4) is 5.75 Å². The SMILES string of the molecule is CC(OC(=O)c1ccccc1OCc1ccc(F)cc1)C(=O)NC(N)=O. The van der Waals surface area contributed by atoms with Gasteiger partial charge in [0, 0.05) is 0 Å². The average molecular weight is 360 g/mol. The lowest BCUT2D eigenvalue weighted by Gasteiger charge is -2.14. The molecule has 0 fully saturated rings. The minimum absolute atomic E-state index is 0.105. The molecule has 0 saturated carbocycles. The maximum Gasteiger partial charge on any atom is 0.342 e. The molecule has 0 radical (unpaired) electrons. The summed E-state index contributed by atoms with van der Waals surface area (Å²) < 4.78 is 23.5. The maximum atomic E-state index is 12.9. The summed E-state index contributed by atoms with van der Waals surface area (Å²) in [4.78, 5) is 34.5. The van der Waals surface area contributed by atoms with Gasteiger partial charge >= 0.3 is 12.0 Å². The van der Waals surface area contributed by atoms with E-state index >= 15 is 0 Å². The molecule has 26 heavy (non-hydrogen) atoms. The van der Waals surface area contributed by atoms with Gasteiger partial charge in [-0.15, -0.1) is 0 Å². The van der Waals surface area contributed by atoms with E-state index in [1.165, 1.54) is 25.1 Å². The van der Waals surface area contributed by atoms with Crippen LogP contribution < -0.4 is 15.8 Å². The Hall–Kier alpha value is -3.42. The number of para-hydroxylation sites is 1. The molecule has 1 unspecified atom stereocenters. The summed E-state index contributed by atoms with van der Waals surface area (Å²) in [5.41, 5.74) is 5.66. The Morgan fingerprint density at radius 1 is 1.12 bits per heavy atom. The molecule has 0 spiro atoms. The van der Waals surface area contributed by atoms with Crippen molar-refractivity contribution in [3.63, 3.8) is 0 Å². The lowest BCUT2D eigenvalue weighted by atomic mass is 10.2. The first-order valence-corrected chi connectivity index (χ1v) is 7.64. The molecule has 0 aromatic heterocycles. The standard InChI is InChI=1S/C18H17FN2O5/c1-11(16(22)21-18(20)24)26-17(23)14-4-2-3-5-15(14)25-10-12-6-8-13(19)9-7-12/h2-9,11H,10H2,1H3,(H3,20,21,22,24). The normalized spacial score (nSPS) is 11.3. The highest BCUT2D eigenvalue weighted by Crippen LogP contribution is 2.21. The third-order valence-electron chi connectivity index (χ3n) is 3.31. The van der Waals surface area contributed by atoms with Gasteiger partial charge in [-0.2, -0.15) is 0 Å². The van der Waals surface area contributed by atoms with E-state index in [-0.39, 0.29) is 23.7 Å². The topological polar surface area (TPSA) is 108 Å². The number of ether oxygens (including phenoxy) is 2. The Bertz CT molecular complexity index is 807. The van der Waals surface area contributed by atoms with Gasteiger partial charge in [-0.1, -0.05) is 24.3 Å². The summed E-state index contributed by atoms with van der Waals surface area (Å²) in [5, 5.41) is 1.83. The van der Waals surface area contributed by atoms with E-state index in [0.29, 0.717) is 5.56 Å². The Labute approximate surface area is 148 Å². The van der Waals surface area contributed by atoms with Gasteiger partial charge in [0.05, 0.1) is 0 Å². The Morgan fingerprint density at radius 3 is 2.42 bits per heavy atom. The van der Waals surface area contributed by atoms with Crippen LogP contribution in [0.5, 0.6) is 5.75 Å². The first-order valence-electron chi connectivity index (χ1n) is 7.64. The number of nitrogens with two attached hydrogens (primary N) is 1. The van der Waals surface area contributed by atoms with Gasteiger partial charge in [-0.05, 0) is 36.8 Å². The van der Waals surface area contributed by atoms with Gasteiger partial charge in [0.15, 0.2) is 6.10 Å². The third-order valence-corrected chi connectivity index (χ3v) is 3.31. The van der Waals surface area contributed by atoms with Gasteiger partial charge in [-0.25, -0.2) is 14.0 Å². The number of primary amides is 1. The number of imide groups is 1. The number of rotatable bonds is 6. The van der Waals surface area contributed by atoms with Crippen LogP contribution in [0, 0.1) is 5.82 Å². The number of amides is 3. The summed E-state index contributed by atoms with van der Waals surface area (Å²) in [6.07, 6.45) is -1.22. The minimum atomic E-state index is -1.22. The smallest absolute Gasteiger partial charge is 0.342 e. The number of benzene rings is 2. The van der Waals surface area contributed by atoms with Crippen molar-refractivity contribution in [1.29, 1.82) is 0 Å². The third kappa shape index (κ3) is 5.30. The molecular formula is C18H17FN2O5. The first kappa shape index (κ1) is 18.9. The van der Waals surface area contributed by atoms with Crippen LogP contribution in [0.4, 0.5) is 9.18 Å². The van der Waals surface area contributed by atoms with Crippen molar-refractivity contribution >= 4 is 17.9 Å². The van der Waals surface area contributed by atoms with E-state index in [4.69, 9.17) is 15.2 Å². The molecular weight excluding hydrogens is 343 g/mol. The van der Waals surface area contributed by atoms with Crippen LogP contribution in [-0.2, 0) is 16.1 Å². The van der Waals surface area contributed by atoms with Crippen molar-refractivity contribution in [3.05, 3.63) is 65.5 Å². The minimum Gasteiger partial charge on any atom is -0.488 e. The molecule has 0 bridgehead atoms. The lowest BCUT2D eigenvalue weighted by Crippen LogP contribution is -2.42. The van der Waals surface area contributed by atoms with Crippen molar-refractivity contribution < 1.29 is 28.2 Å². The van der Waals surface area contributed by atoms with Crippen LogP contribution in [0.2, 0.25) is 0 Å². The van der Waals surface area contributed by atoms with Crippen molar-refractivity contribution in [2.24, 2.45) is 5.73 Å². The summed E-state index contributed by atoms with van der Waals surface area (Å²) in [7, 11) is 0. The summed E-state index contributed by atoms with van der Waals surface area (Å²) in [6, 6.07) is 11.0. The van der Waals surface area contributed by atoms with E-state index in [9.17, 15) is 18.8 Å². The molecule has 2 rings (SSSR count). The number of hydrogen-bond donors (Lipinski definition) is 2. The molecule has 3 N–H and O–H groups in total. The Kier molecular flexibility index (Phi) is 6.26. The molecule has 2 aromatic rings.